The maximum atomic E-state index is 13.2. The summed E-state index contributed by atoms with van der Waals surface area (Å²) in [5, 5.41) is 0. The lowest BCUT2D eigenvalue weighted by atomic mass is 10.1. The molecule has 2 rings (SSSR count). The van der Waals surface area contributed by atoms with Gasteiger partial charge in [-0.05, 0) is 54.8 Å². The molecule has 0 fully saturated rings. The number of nitrogens with two attached hydrogens (primary N) is 1. The number of ether oxygens (including phenoxy) is 1. The normalized spacial score (nSPS) is 12.2. The third-order valence-corrected chi connectivity index (χ3v) is 3.09. The van der Waals surface area contributed by atoms with E-state index in [0.29, 0.717) is 6.61 Å². The first kappa shape index (κ1) is 13.6. The average Bonchev–Trinajstić information content (AvgIpc) is 2.40. The maximum absolute atomic E-state index is 13.2. The fraction of sp³-hybridized carbons (Fsp3) is 0.250. The molecule has 1 atom stereocenters. The molecule has 0 spiro atoms. The van der Waals surface area contributed by atoms with E-state index in [-0.39, 0.29) is 11.9 Å². The number of rotatable bonds is 4. The highest BCUT2D eigenvalue weighted by atomic mass is 19.1. The van der Waals surface area contributed by atoms with E-state index in [1.54, 1.807) is 6.07 Å². The summed E-state index contributed by atoms with van der Waals surface area (Å²) in [6.07, 6.45) is 0. The molecule has 0 radical (unpaired) electrons. The van der Waals surface area contributed by atoms with Crippen molar-refractivity contribution in [2.45, 2.75) is 26.5 Å². The SMILES string of the molecule is Cc1ccc(F)cc1COc1cccc([C@@H](C)N)c1. The van der Waals surface area contributed by atoms with Crippen LogP contribution in [0, 0.1) is 12.7 Å². The maximum Gasteiger partial charge on any atom is 0.123 e. The predicted molar refractivity (Wildman–Crippen MR) is 74.5 cm³/mol. The van der Waals surface area contributed by atoms with Gasteiger partial charge in [-0.25, -0.2) is 4.39 Å². The van der Waals surface area contributed by atoms with Gasteiger partial charge >= 0.3 is 0 Å². The number of aryl methyl sites for hydroxylation is 1. The molecule has 100 valence electrons. The smallest absolute Gasteiger partial charge is 0.123 e. The van der Waals surface area contributed by atoms with Crippen LogP contribution in [0.15, 0.2) is 42.5 Å². The topological polar surface area (TPSA) is 35.2 Å². The van der Waals surface area contributed by atoms with E-state index in [4.69, 9.17) is 10.5 Å². The van der Waals surface area contributed by atoms with Crippen LogP contribution in [0.4, 0.5) is 4.39 Å². The molecule has 0 bridgehead atoms. The van der Waals surface area contributed by atoms with Crippen molar-refractivity contribution in [2.75, 3.05) is 0 Å². The molecule has 2 nitrogen and oxygen atoms in total. The molecule has 0 unspecified atom stereocenters. The van der Waals surface area contributed by atoms with Crippen molar-refractivity contribution in [3.63, 3.8) is 0 Å². The van der Waals surface area contributed by atoms with E-state index >= 15 is 0 Å². The van der Waals surface area contributed by atoms with Crippen molar-refractivity contribution in [1.82, 2.24) is 0 Å². The Labute approximate surface area is 113 Å². The molecule has 0 aromatic heterocycles. The lowest BCUT2D eigenvalue weighted by molar-refractivity contribution is 0.304. The van der Waals surface area contributed by atoms with Crippen LogP contribution in [0.2, 0.25) is 0 Å². The molecular formula is C16H18FNO. The Morgan fingerprint density at radius 3 is 2.74 bits per heavy atom. The molecule has 2 N–H and O–H groups in total. The second kappa shape index (κ2) is 5.85. The molecule has 19 heavy (non-hydrogen) atoms. The zero-order valence-electron chi connectivity index (χ0n) is 11.2. The minimum atomic E-state index is -0.242. The van der Waals surface area contributed by atoms with Crippen LogP contribution in [0.5, 0.6) is 5.75 Å². The molecule has 0 aliphatic carbocycles. The van der Waals surface area contributed by atoms with Gasteiger partial charge in [0, 0.05) is 6.04 Å². The summed E-state index contributed by atoms with van der Waals surface area (Å²) in [6, 6.07) is 12.4. The third kappa shape index (κ3) is 3.55. The zero-order chi connectivity index (χ0) is 13.8. The van der Waals surface area contributed by atoms with Gasteiger partial charge in [0.2, 0.25) is 0 Å². The Kier molecular flexibility index (Phi) is 4.17. The molecule has 2 aromatic rings. The van der Waals surface area contributed by atoms with E-state index < -0.39 is 0 Å². The monoisotopic (exact) mass is 259 g/mol. The Balaban J connectivity index is 2.10. The number of hydrogen-bond donors (Lipinski definition) is 1. The van der Waals surface area contributed by atoms with Crippen LogP contribution >= 0.6 is 0 Å². The highest BCUT2D eigenvalue weighted by Gasteiger charge is 2.04. The molecule has 3 heteroatoms. The molecule has 0 saturated heterocycles. The molecule has 2 aromatic carbocycles. The summed E-state index contributed by atoms with van der Waals surface area (Å²) in [5.41, 5.74) is 8.72. The van der Waals surface area contributed by atoms with Crippen LogP contribution in [-0.2, 0) is 6.61 Å². The molecule has 0 heterocycles. The summed E-state index contributed by atoms with van der Waals surface area (Å²) >= 11 is 0. The summed E-state index contributed by atoms with van der Waals surface area (Å²) in [7, 11) is 0. The number of benzene rings is 2. The summed E-state index contributed by atoms with van der Waals surface area (Å²) in [6.45, 7) is 4.22. The fourth-order valence-electron chi connectivity index (χ4n) is 1.84. The Morgan fingerprint density at radius 2 is 2.00 bits per heavy atom. The van der Waals surface area contributed by atoms with Crippen molar-refractivity contribution in [3.8, 4) is 5.75 Å². The van der Waals surface area contributed by atoms with E-state index in [1.807, 2.05) is 38.1 Å². The van der Waals surface area contributed by atoms with Crippen molar-refractivity contribution in [1.29, 1.82) is 0 Å². The summed E-state index contributed by atoms with van der Waals surface area (Å²) in [5.74, 6) is 0.506. The molecule has 0 aliphatic rings. The summed E-state index contributed by atoms with van der Waals surface area (Å²) < 4.78 is 18.9. The minimum Gasteiger partial charge on any atom is -0.489 e. The van der Waals surface area contributed by atoms with Gasteiger partial charge in [-0.15, -0.1) is 0 Å². The predicted octanol–water partition coefficient (Wildman–Crippen LogP) is 3.73. The van der Waals surface area contributed by atoms with E-state index in [1.165, 1.54) is 12.1 Å². The first-order valence-corrected chi connectivity index (χ1v) is 6.29. The van der Waals surface area contributed by atoms with E-state index in [2.05, 4.69) is 0 Å². The largest absolute Gasteiger partial charge is 0.489 e. The molecule has 0 saturated carbocycles. The van der Waals surface area contributed by atoms with Crippen molar-refractivity contribution in [2.24, 2.45) is 5.73 Å². The van der Waals surface area contributed by atoms with Crippen LogP contribution < -0.4 is 10.5 Å². The highest BCUT2D eigenvalue weighted by molar-refractivity contribution is 5.31. The second-order valence-electron chi connectivity index (χ2n) is 4.72. The van der Waals surface area contributed by atoms with Crippen LogP contribution in [0.3, 0.4) is 0 Å². The van der Waals surface area contributed by atoms with Gasteiger partial charge < -0.3 is 10.5 Å². The van der Waals surface area contributed by atoms with Gasteiger partial charge in [-0.1, -0.05) is 18.2 Å². The van der Waals surface area contributed by atoms with Gasteiger partial charge in [-0.2, -0.15) is 0 Å². The minimum absolute atomic E-state index is 0.0283. The first-order chi connectivity index (χ1) is 9.06. The Hall–Kier alpha value is -1.87. The molecular weight excluding hydrogens is 241 g/mol. The van der Waals surface area contributed by atoms with Crippen LogP contribution in [0.1, 0.15) is 29.7 Å². The number of hydrogen-bond acceptors (Lipinski definition) is 2. The van der Waals surface area contributed by atoms with Gasteiger partial charge in [0.25, 0.3) is 0 Å². The van der Waals surface area contributed by atoms with Gasteiger partial charge in [0.1, 0.15) is 18.2 Å². The lowest BCUT2D eigenvalue weighted by Gasteiger charge is -2.11. The van der Waals surface area contributed by atoms with Crippen molar-refractivity contribution >= 4 is 0 Å². The quantitative estimate of drug-likeness (QED) is 0.908. The van der Waals surface area contributed by atoms with Gasteiger partial charge in [-0.3, -0.25) is 0 Å². The van der Waals surface area contributed by atoms with E-state index in [9.17, 15) is 4.39 Å². The molecule has 0 amide bonds. The Morgan fingerprint density at radius 1 is 1.21 bits per heavy atom. The van der Waals surface area contributed by atoms with Crippen molar-refractivity contribution < 1.29 is 9.13 Å². The standard InChI is InChI=1S/C16H18FNO/c1-11-6-7-15(17)8-14(11)10-19-16-5-3-4-13(9-16)12(2)18/h3-9,12H,10,18H2,1-2H3/t12-/m1/s1. The highest BCUT2D eigenvalue weighted by Crippen LogP contribution is 2.19. The second-order valence-corrected chi connectivity index (χ2v) is 4.72. The van der Waals surface area contributed by atoms with Crippen LogP contribution in [-0.4, -0.2) is 0 Å². The van der Waals surface area contributed by atoms with Gasteiger partial charge in [0.15, 0.2) is 0 Å². The summed E-state index contributed by atoms with van der Waals surface area (Å²) in [4.78, 5) is 0. The average molecular weight is 259 g/mol. The van der Waals surface area contributed by atoms with E-state index in [0.717, 1.165) is 22.4 Å². The lowest BCUT2D eigenvalue weighted by Crippen LogP contribution is -2.05. The zero-order valence-corrected chi connectivity index (χ0v) is 11.2. The van der Waals surface area contributed by atoms with Gasteiger partial charge in [0.05, 0.1) is 0 Å². The number of halogens is 1. The van der Waals surface area contributed by atoms with Crippen molar-refractivity contribution in [3.05, 3.63) is 65.0 Å². The fourth-order valence-corrected chi connectivity index (χ4v) is 1.84. The molecule has 0 aliphatic heterocycles. The first-order valence-electron chi connectivity index (χ1n) is 6.29. The third-order valence-electron chi connectivity index (χ3n) is 3.09. The Bertz CT molecular complexity index is 566. The van der Waals surface area contributed by atoms with Crippen LogP contribution in [0.25, 0.3) is 0 Å².